The second-order valence-corrected chi connectivity index (χ2v) is 7.58. The first-order valence-electron chi connectivity index (χ1n) is 9.68. The summed E-state index contributed by atoms with van der Waals surface area (Å²) in [5.41, 5.74) is 1.92. The fourth-order valence-corrected chi connectivity index (χ4v) is 3.78. The van der Waals surface area contributed by atoms with E-state index in [9.17, 15) is 9.59 Å². The smallest absolute Gasteiger partial charge is 0.416 e. The van der Waals surface area contributed by atoms with Gasteiger partial charge in [-0.3, -0.25) is 4.79 Å². The number of likely N-dealkylation sites (tertiary alicyclic amines) is 1. The summed E-state index contributed by atoms with van der Waals surface area (Å²) >= 11 is 0. The fraction of sp³-hybridized carbons (Fsp3) is 0.292. The summed E-state index contributed by atoms with van der Waals surface area (Å²) in [5, 5.41) is 8.91. The van der Waals surface area contributed by atoms with Gasteiger partial charge >= 0.3 is 6.09 Å². The summed E-state index contributed by atoms with van der Waals surface area (Å²) in [6, 6.07) is 16.6. The predicted octanol–water partition coefficient (Wildman–Crippen LogP) is 4.55. The van der Waals surface area contributed by atoms with Gasteiger partial charge in [-0.1, -0.05) is 37.3 Å². The number of nitriles is 1. The van der Waals surface area contributed by atoms with Crippen molar-refractivity contribution in [2.75, 3.05) is 13.7 Å². The van der Waals surface area contributed by atoms with Crippen LogP contribution in [0.5, 0.6) is 5.75 Å². The summed E-state index contributed by atoms with van der Waals surface area (Å²) in [5.74, 6) is 0.376. The number of hydrogen-bond donors (Lipinski definition) is 0. The molecule has 1 aliphatic rings. The zero-order valence-corrected chi connectivity index (χ0v) is 17.1. The highest BCUT2D eigenvalue weighted by Crippen LogP contribution is 2.39. The average Bonchev–Trinajstić information content (AvgIpc) is 3.02. The molecular weight excluding hydrogens is 380 g/mol. The zero-order chi connectivity index (χ0) is 21.7. The van der Waals surface area contributed by atoms with Crippen LogP contribution in [0, 0.1) is 16.7 Å². The number of ether oxygens (including phenoxy) is 2. The van der Waals surface area contributed by atoms with Gasteiger partial charge in [0.15, 0.2) is 0 Å². The third-order valence-electron chi connectivity index (χ3n) is 5.40. The minimum absolute atomic E-state index is 0.184. The second kappa shape index (κ2) is 8.83. The van der Waals surface area contributed by atoms with Crippen LogP contribution in [0.3, 0.4) is 0 Å². The number of imide groups is 1. The molecule has 0 saturated carbocycles. The van der Waals surface area contributed by atoms with Crippen LogP contribution in [0.15, 0.2) is 61.2 Å². The van der Waals surface area contributed by atoms with Gasteiger partial charge in [-0.2, -0.15) is 5.26 Å². The van der Waals surface area contributed by atoms with E-state index >= 15 is 0 Å². The minimum Gasteiger partial charge on any atom is -0.491 e. The Bertz CT molecular complexity index is 976. The third-order valence-corrected chi connectivity index (χ3v) is 5.40. The molecule has 2 aromatic rings. The van der Waals surface area contributed by atoms with Gasteiger partial charge in [-0.25, -0.2) is 9.69 Å². The zero-order valence-electron chi connectivity index (χ0n) is 17.1. The lowest BCUT2D eigenvalue weighted by Crippen LogP contribution is -2.43. The van der Waals surface area contributed by atoms with Crippen molar-refractivity contribution in [2.24, 2.45) is 5.41 Å². The molecule has 0 N–H and O–H groups in total. The van der Waals surface area contributed by atoms with Crippen LogP contribution in [0.2, 0.25) is 0 Å². The van der Waals surface area contributed by atoms with E-state index in [-0.39, 0.29) is 12.5 Å². The molecule has 6 nitrogen and oxygen atoms in total. The Kier molecular flexibility index (Phi) is 6.22. The predicted molar refractivity (Wildman–Crippen MR) is 113 cm³/mol. The number of carbonyl (C=O) groups is 2. The maximum absolute atomic E-state index is 12.8. The van der Waals surface area contributed by atoms with Gasteiger partial charge in [-0.05, 0) is 48.2 Å². The van der Waals surface area contributed by atoms with Crippen molar-refractivity contribution in [2.45, 2.75) is 25.8 Å². The number of benzene rings is 2. The van der Waals surface area contributed by atoms with Crippen LogP contribution in [0.1, 0.15) is 25.3 Å². The lowest BCUT2D eigenvalue weighted by atomic mass is 9.84. The lowest BCUT2D eigenvalue weighted by molar-refractivity contribution is -0.134. The largest absolute Gasteiger partial charge is 0.491 e. The first-order valence-corrected chi connectivity index (χ1v) is 9.68. The molecule has 1 fully saturated rings. The molecule has 1 saturated heterocycles. The molecule has 1 heterocycles. The number of rotatable bonds is 6. The summed E-state index contributed by atoms with van der Waals surface area (Å²) in [4.78, 5) is 26.1. The van der Waals surface area contributed by atoms with Gasteiger partial charge in [0.05, 0.1) is 30.2 Å². The SMILES string of the molecule is C=CC[C@]1(C)C[C@@H](COc2ccc(-c3ccc(C#N)cc3)cc2)N(C(=O)OC)C1=O. The van der Waals surface area contributed by atoms with E-state index < -0.39 is 17.6 Å². The van der Waals surface area contributed by atoms with Crippen molar-refractivity contribution in [3.05, 3.63) is 66.7 Å². The monoisotopic (exact) mass is 404 g/mol. The van der Waals surface area contributed by atoms with Gasteiger partial charge in [0, 0.05) is 0 Å². The van der Waals surface area contributed by atoms with E-state index in [0.29, 0.717) is 24.2 Å². The molecule has 2 atom stereocenters. The second-order valence-electron chi connectivity index (χ2n) is 7.58. The van der Waals surface area contributed by atoms with Crippen LogP contribution in [-0.4, -0.2) is 36.7 Å². The summed E-state index contributed by atoms with van der Waals surface area (Å²) < 4.78 is 10.7. The molecule has 6 heteroatoms. The molecule has 0 radical (unpaired) electrons. The highest BCUT2D eigenvalue weighted by atomic mass is 16.5. The van der Waals surface area contributed by atoms with E-state index in [1.165, 1.54) is 7.11 Å². The molecular formula is C24H24N2O4. The third kappa shape index (κ3) is 4.20. The van der Waals surface area contributed by atoms with Gasteiger partial charge in [0.2, 0.25) is 5.91 Å². The summed E-state index contributed by atoms with van der Waals surface area (Å²) in [6.45, 7) is 5.74. The summed E-state index contributed by atoms with van der Waals surface area (Å²) in [7, 11) is 1.26. The number of methoxy groups -OCH3 is 1. The Hall–Kier alpha value is -3.59. The molecule has 1 aliphatic heterocycles. The number of hydrogen-bond acceptors (Lipinski definition) is 5. The first kappa shape index (κ1) is 21.1. The molecule has 0 aromatic heterocycles. The average molecular weight is 404 g/mol. The molecule has 0 unspecified atom stereocenters. The normalized spacial score (nSPS) is 20.5. The van der Waals surface area contributed by atoms with Crippen LogP contribution in [0.4, 0.5) is 4.79 Å². The van der Waals surface area contributed by atoms with Crippen molar-refractivity contribution in [1.29, 1.82) is 5.26 Å². The van der Waals surface area contributed by atoms with E-state index in [4.69, 9.17) is 14.7 Å². The van der Waals surface area contributed by atoms with Gasteiger partial charge in [-0.15, -0.1) is 6.58 Å². The Morgan fingerprint density at radius 3 is 2.37 bits per heavy atom. The topological polar surface area (TPSA) is 79.6 Å². The first-order chi connectivity index (χ1) is 14.4. The highest BCUT2D eigenvalue weighted by Gasteiger charge is 2.51. The molecule has 2 amide bonds. The van der Waals surface area contributed by atoms with Crippen molar-refractivity contribution in [3.8, 4) is 22.9 Å². The molecule has 0 aliphatic carbocycles. The molecule has 30 heavy (non-hydrogen) atoms. The van der Waals surface area contributed by atoms with Crippen molar-refractivity contribution in [1.82, 2.24) is 4.90 Å². The van der Waals surface area contributed by atoms with Crippen molar-refractivity contribution in [3.63, 3.8) is 0 Å². The van der Waals surface area contributed by atoms with E-state index in [1.54, 1.807) is 18.2 Å². The highest BCUT2D eigenvalue weighted by molar-refractivity contribution is 5.97. The Labute approximate surface area is 176 Å². The van der Waals surface area contributed by atoms with Crippen LogP contribution < -0.4 is 4.74 Å². The maximum Gasteiger partial charge on any atom is 0.416 e. The minimum atomic E-state index is -0.691. The van der Waals surface area contributed by atoms with E-state index in [1.807, 2.05) is 43.3 Å². The van der Waals surface area contributed by atoms with Gasteiger partial charge < -0.3 is 9.47 Å². The Morgan fingerprint density at radius 1 is 1.23 bits per heavy atom. The summed E-state index contributed by atoms with van der Waals surface area (Å²) in [6.07, 6.45) is 1.99. The fourth-order valence-electron chi connectivity index (χ4n) is 3.78. The quantitative estimate of drug-likeness (QED) is 0.660. The number of nitrogens with zero attached hydrogens (tertiary/aromatic N) is 2. The Balaban J connectivity index is 1.70. The van der Waals surface area contributed by atoms with Crippen molar-refractivity contribution >= 4 is 12.0 Å². The standard InChI is InChI=1S/C24H24N2O4/c1-4-13-24(2)14-20(26(22(24)27)23(28)29-3)16-30-21-11-9-19(10-12-21)18-7-5-17(15-25)6-8-18/h4-12,20H,1,13-14,16H2,2-3H3/t20-,24+/m0/s1. The van der Waals surface area contributed by atoms with Crippen LogP contribution in [-0.2, 0) is 9.53 Å². The molecule has 0 spiro atoms. The van der Waals surface area contributed by atoms with Crippen molar-refractivity contribution < 1.29 is 19.1 Å². The van der Waals surface area contributed by atoms with Crippen LogP contribution in [0.25, 0.3) is 11.1 Å². The maximum atomic E-state index is 12.8. The van der Waals surface area contributed by atoms with E-state index in [2.05, 4.69) is 12.6 Å². The molecule has 2 aromatic carbocycles. The molecule has 0 bridgehead atoms. The van der Waals surface area contributed by atoms with E-state index in [0.717, 1.165) is 16.0 Å². The van der Waals surface area contributed by atoms with Crippen LogP contribution >= 0.6 is 0 Å². The molecule has 3 rings (SSSR count). The number of amides is 2. The number of carbonyl (C=O) groups excluding carboxylic acids is 2. The van der Waals surface area contributed by atoms with Gasteiger partial charge in [0.1, 0.15) is 12.4 Å². The van der Waals surface area contributed by atoms with Gasteiger partial charge in [0.25, 0.3) is 0 Å². The lowest BCUT2D eigenvalue weighted by Gasteiger charge is -2.22. The Morgan fingerprint density at radius 2 is 1.83 bits per heavy atom. The number of allylic oxidation sites excluding steroid dienone is 1. The molecule has 154 valence electrons.